The number of allylic oxidation sites excluding steroid dienone is 1. The van der Waals surface area contributed by atoms with Gasteiger partial charge in [-0.05, 0) is 42.8 Å². The lowest BCUT2D eigenvalue weighted by molar-refractivity contribution is 0.0953. The van der Waals surface area contributed by atoms with E-state index in [-0.39, 0.29) is 22.9 Å². The summed E-state index contributed by atoms with van der Waals surface area (Å²) >= 11 is 10.9. The zero-order valence-corrected chi connectivity index (χ0v) is 19.9. The van der Waals surface area contributed by atoms with E-state index in [1.807, 2.05) is 47.9 Å². The summed E-state index contributed by atoms with van der Waals surface area (Å²) in [4.78, 5) is 14.2. The zero-order valence-electron chi connectivity index (χ0n) is 15.0. The van der Waals surface area contributed by atoms with Gasteiger partial charge in [0, 0.05) is 26.5 Å². The number of nitrogens with one attached hydrogen (secondary N) is 1. The Balaban J connectivity index is 0.00000280. The molecule has 1 heterocycles. The monoisotopic (exact) mass is 541 g/mol. The molecule has 0 unspecified atom stereocenters. The van der Waals surface area contributed by atoms with Gasteiger partial charge in [0.05, 0.1) is 5.69 Å². The number of aromatic nitrogens is 1. The number of rotatable bonds is 5. The Hall–Kier alpha value is -1.67. The molecule has 1 amide bonds. The lowest BCUT2D eigenvalue weighted by Gasteiger charge is -2.08. The van der Waals surface area contributed by atoms with E-state index in [9.17, 15) is 4.79 Å². The van der Waals surface area contributed by atoms with Crippen LogP contribution in [0.25, 0.3) is 11.3 Å². The molecule has 3 aromatic rings. The Bertz CT molecular complexity index is 1060. The molecule has 0 aliphatic rings. The standard InChI is InChI=1S/C20H17BrClN3OS.BrH/c1-3-11-25-18(14-7-9-17(22)10-8-14)13(2)27-20(25)24-23-19(26)15-5-4-6-16(21)12-15;/h3-10,12H,1,11H2,2H3,(H,23,26);1H/b24-20-;. The molecule has 0 bridgehead atoms. The first kappa shape index (κ1) is 22.6. The van der Waals surface area contributed by atoms with Crippen molar-refractivity contribution in [1.82, 2.24) is 9.99 Å². The van der Waals surface area contributed by atoms with E-state index in [1.54, 1.807) is 18.2 Å². The van der Waals surface area contributed by atoms with Crippen LogP contribution in [0.2, 0.25) is 5.02 Å². The molecule has 0 aliphatic carbocycles. The molecule has 0 spiro atoms. The highest BCUT2D eigenvalue weighted by Gasteiger charge is 2.13. The number of carbonyl (C=O) groups excluding carboxylic acids is 1. The van der Waals surface area contributed by atoms with Gasteiger partial charge in [-0.1, -0.05) is 63.1 Å². The van der Waals surface area contributed by atoms with Crippen LogP contribution in [0, 0.1) is 6.92 Å². The lowest BCUT2D eigenvalue weighted by atomic mass is 10.1. The second-order valence-electron chi connectivity index (χ2n) is 5.76. The molecule has 0 saturated heterocycles. The van der Waals surface area contributed by atoms with E-state index in [4.69, 9.17) is 11.6 Å². The van der Waals surface area contributed by atoms with Gasteiger partial charge in [-0.25, -0.2) is 5.43 Å². The van der Waals surface area contributed by atoms with Gasteiger partial charge in [-0.2, -0.15) is 0 Å². The fourth-order valence-corrected chi connectivity index (χ4v) is 4.16. The Morgan fingerprint density at radius 1 is 1.32 bits per heavy atom. The van der Waals surface area contributed by atoms with Crippen LogP contribution in [0.4, 0.5) is 0 Å². The summed E-state index contributed by atoms with van der Waals surface area (Å²) < 4.78 is 2.87. The average Bonchev–Trinajstić information content (AvgIpc) is 2.96. The van der Waals surface area contributed by atoms with E-state index >= 15 is 0 Å². The lowest BCUT2D eigenvalue weighted by Crippen LogP contribution is -2.24. The molecule has 8 heteroatoms. The van der Waals surface area contributed by atoms with Gasteiger partial charge in [-0.3, -0.25) is 4.79 Å². The number of hydrogen-bond donors (Lipinski definition) is 1. The molecule has 146 valence electrons. The minimum absolute atomic E-state index is 0. The summed E-state index contributed by atoms with van der Waals surface area (Å²) in [5.41, 5.74) is 5.25. The van der Waals surface area contributed by atoms with Crippen LogP contribution in [-0.4, -0.2) is 10.5 Å². The smallest absolute Gasteiger partial charge is 0.271 e. The maximum atomic E-state index is 12.4. The average molecular weight is 544 g/mol. The second kappa shape index (κ2) is 10.2. The van der Waals surface area contributed by atoms with Crippen molar-refractivity contribution in [1.29, 1.82) is 0 Å². The zero-order chi connectivity index (χ0) is 19.4. The number of thiazole rings is 1. The maximum Gasteiger partial charge on any atom is 0.271 e. The van der Waals surface area contributed by atoms with E-state index in [1.165, 1.54) is 11.3 Å². The first-order valence-corrected chi connectivity index (χ1v) is 10.1. The fraction of sp³-hybridized carbons (Fsp3) is 0.100. The number of aryl methyl sites for hydroxylation is 1. The van der Waals surface area contributed by atoms with E-state index in [2.05, 4.69) is 33.0 Å². The summed E-state index contributed by atoms with van der Waals surface area (Å²) in [6, 6.07) is 14.8. The number of amides is 1. The molecule has 0 fully saturated rings. The van der Waals surface area contributed by atoms with Crippen molar-refractivity contribution >= 4 is 61.8 Å². The molecule has 0 atom stereocenters. The van der Waals surface area contributed by atoms with Gasteiger partial charge in [-0.15, -0.1) is 28.7 Å². The van der Waals surface area contributed by atoms with Crippen LogP contribution in [0.1, 0.15) is 15.2 Å². The number of hydrogen-bond acceptors (Lipinski definition) is 3. The summed E-state index contributed by atoms with van der Waals surface area (Å²) in [5.74, 6) is -0.263. The van der Waals surface area contributed by atoms with Crippen LogP contribution in [-0.2, 0) is 6.54 Å². The summed E-state index contributed by atoms with van der Waals surface area (Å²) in [5, 5.41) is 5.04. The maximum absolute atomic E-state index is 12.4. The van der Waals surface area contributed by atoms with Crippen molar-refractivity contribution in [3.63, 3.8) is 0 Å². The van der Waals surface area contributed by atoms with E-state index in [0.29, 0.717) is 21.9 Å². The normalized spacial score (nSPS) is 11.0. The van der Waals surface area contributed by atoms with Gasteiger partial charge in [0.25, 0.3) is 5.91 Å². The molecule has 3 rings (SSSR count). The van der Waals surface area contributed by atoms with Crippen molar-refractivity contribution in [2.45, 2.75) is 13.5 Å². The topological polar surface area (TPSA) is 46.4 Å². The van der Waals surface area contributed by atoms with Crippen molar-refractivity contribution in [3.8, 4) is 11.3 Å². The molecular weight excluding hydrogens is 526 g/mol. The van der Waals surface area contributed by atoms with Crippen LogP contribution in [0.5, 0.6) is 0 Å². The van der Waals surface area contributed by atoms with Gasteiger partial charge >= 0.3 is 0 Å². The third-order valence-electron chi connectivity index (χ3n) is 3.85. The third kappa shape index (κ3) is 5.23. The highest BCUT2D eigenvalue weighted by Crippen LogP contribution is 2.26. The Kier molecular flexibility index (Phi) is 8.24. The molecule has 0 aliphatic heterocycles. The van der Waals surface area contributed by atoms with Crippen molar-refractivity contribution in [2.24, 2.45) is 5.10 Å². The Morgan fingerprint density at radius 3 is 2.68 bits per heavy atom. The molecule has 1 N–H and O–H groups in total. The molecule has 0 saturated carbocycles. The van der Waals surface area contributed by atoms with Gasteiger partial charge in [0.15, 0.2) is 0 Å². The van der Waals surface area contributed by atoms with Gasteiger partial charge in [0.2, 0.25) is 4.80 Å². The first-order valence-electron chi connectivity index (χ1n) is 8.16. The molecule has 1 aromatic heterocycles. The molecule has 2 aromatic carbocycles. The molecule has 28 heavy (non-hydrogen) atoms. The second-order valence-corrected chi connectivity index (χ2v) is 8.29. The van der Waals surface area contributed by atoms with Crippen LogP contribution >= 0.6 is 55.8 Å². The number of halogens is 3. The van der Waals surface area contributed by atoms with E-state index < -0.39 is 0 Å². The van der Waals surface area contributed by atoms with Crippen LogP contribution in [0.3, 0.4) is 0 Å². The third-order valence-corrected chi connectivity index (χ3v) is 5.59. The Morgan fingerprint density at radius 2 is 2.04 bits per heavy atom. The minimum atomic E-state index is -0.263. The quantitative estimate of drug-likeness (QED) is 0.314. The van der Waals surface area contributed by atoms with Crippen molar-refractivity contribution in [3.05, 3.63) is 85.9 Å². The highest BCUT2D eigenvalue weighted by molar-refractivity contribution is 9.10. The summed E-state index contributed by atoms with van der Waals surface area (Å²) in [6.45, 7) is 6.44. The number of nitrogens with zero attached hydrogens (tertiary/aromatic N) is 2. The minimum Gasteiger partial charge on any atom is -0.311 e. The number of carbonyl (C=O) groups is 1. The van der Waals surface area contributed by atoms with Crippen LogP contribution in [0.15, 0.2) is 70.8 Å². The number of benzene rings is 2. The molecule has 4 nitrogen and oxygen atoms in total. The van der Waals surface area contributed by atoms with Crippen molar-refractivity contribution in [2.75, 3.05) is 0 Å². The van der Waals surface area contributed by atoms with E-state index in [0.717, 1.165) is 20.6 Å². The SMILES string of the molecule is Br.C=CCn1c(-c2ccc(Cl)cc2)c(C)s/c1=N\NC(=O)c1cccc(Br)c1. The fourth-order valence-electron chi connectivity index (χ4n) is 2.67. The van der Waals surface area contributed by atoms with Gasteiger partial charge in [0.1, 0.15) is 0 Å². The largest absolute Gasteiger partial charge is 0.311 e. The molecule has 0 radical (unpaired) electrons. The Labute approximate surface area is 191 Å². The van der Waals surface area contributed by atoms with Crippen LogP contribution < -0.4 is 10.2 Å². The van der Waals surface area contributed by atoms with Crippen molar-refractivity contribution < 1.29 is 4.79 Å². The molecular formula is C20H18Br2ClN3OS. The van der Waals surface area contributed by atoms with Gasteiger partial charge < -0.3 is 4.57 Å². The predicted octanol–water partition coefficient (Wildman–Crippen LogP) is 5.95. The first-order chi connectivity index (χ1) is 13.0. The summed E-state index contributed by atoms with van der Waals surface area (Å²) in [7, 11) is 0. The predicted molar refractivity (Wildman–Crippen MR) is 125 cm³/mol. The summed E-state index contributed by atoms with van der Waals surface area (Å²) in [6.07, 6.45) is 1.81. The highest BCUT2D eigenvalue weighted by atomic mass is 79.9.